The molecule has 0 aromatic carbocycles. The van der Waals surface area contributed by atoms with Crippen LogP contribution in [0.3, 0.4) is 0 Å². The fourth-order valence-electron chi connectivity index (χ4n) is 6.35. The second-order valence-corrected chi connectivity index (χ2v) is 10.4. The first kappa shape index (κ1) is 21.0. The van der Waals surface area contributed by atoms with Gasteiger partial charge in [0.2, 0.25) is 5.91 Å². The summed E-state index contributed by atoms with van der Waals surface area (Å²) in [6.07, 6.45) is 9.73. The number of nitrogens with zero attached hydrogens (tertiary/aromatic N) is 5. The number of aromatic nitrogens is 2. The van der Waals surface area contributed by atoms with Crippen LogP contribution >= 0.6 is 0 Å². The number of aryl methyl sites for hydroxylation is 2. The predicted octanol–water partition coefficient (Wildman–Crippen LogP) is 2.45. The standard InChI is InChI=1S/C24H37N5O2/c1-18-16-21(26(2)25-18)23(31)28-10-8-24(9-11-28)17-20(24)22(30)29-14-12-27(13-15-29)19-6-4-3-5-7-19/h16,19-20H,3-15,17H2,1-2H3/t20-/m1/s1. The van der Waals surface area contributed by atoms with Crippen LogP contribution in [0.2, 0.25) is 0 Å². The lowest BCUT2D eigenvalue weighted by Crippen LogP contribution is -2.53. The van der Waals surface area contributed by atoms with E-state index in [1.165, 1.54) is 32.1 Å². The molecule has 1 aromatic rings. The highest BCUT2D eigenvalue weighted by Crippen LogP contribution is 2.60. The van der Waals surface area contributed by atoms with E-state index in [2.05, 4.69) is 14.9 Å². The molecule has 2 aliphatic heterocycles. The molecule has 170 valence electrons. The van der Waals surface area contributed by atoms with Gasteiger partial charge in [-0.2, -0.15) is 5.10 Å². The number of rotatable bonds is 3. The van der Waals surface area contributed by atoms with Gasteiger partial charge in [0.15, 0.2) is 0 Å². The van der Waals surface area contributed by atoms with E-state index in [9.17, 15) is 9.59 Å². The fourth-order valence-corrected chi connectivity index (χ4v) is 6.35. The number of likely N-dealkylation sites (tertiary alicyclic amines) is 1. The molecule has 2 aliphatic carbocycles. The van der Waals surface area contributed by atoms with Crippen molar-refractivity contribution in [2.45, 2.75) is 64.3 Å². The fraction of sp³-hybridized carbons (Fsp3) is 0.792. The molecule has 0 unspecified atom stereocenters. The third kappa shape index (κ3) is 4.01. The Bertz CT molecular complexity index is 827. The third-order valence-electron chi connectivity index (χ3n) is 8.47. The minimum atomic E-state index is 0.0697. The minimum absolute atomic E-state index is 0.0697. The van der Waals surface area contributed by atoms with Gasteiger partial charge in [-0.05, 0) is 50.5 Å². The molecule has 1 spiro atoms. The van der Waals surface area contributed by atoms with Crippen molar-refractivity contribution in [3.05, 3.63) is 17.5 Å². The summed E-state index contributed by atoms with van der Waals surface area (Å²) in [5, 5.41) is 4.31. The van der Waals surface area contributed by atoms with Gasteiger partial charge < -0.3 is 9.80 Å². The lowest BCUT2D eigenvalue weighted by Gasteiger charge is -2.41. The maximum Gasteiger partial charge on any atom is 0.272 e. The molecule has 0 bridgehead atoms. The van der Waals surface area contributed by atoms with Crippen molar-refractivity contribution in [3.8, 4) is 0 Å². The molecule has 2 amide bonds. The van der Waals surface area contributed by atoms with Gasteiger partial charge in [-0.3, -0.25) is 19.2 Å². The van der Waals surface area contributed by atoms with E-state index < -0.39 is 0 Å². The van der Waals surface area contributed by atoms with Crippen molar-refractivity contribution in [2.75, 3.05) is 39.3 Å². The topological polar surface area (TPSA) is 61.7 Å². The zero-order chi connectivity index (χ0) is 21.6. The molecule has 31 heavy (non-hydrogen) atoms. The monoisotopic (exact) mass is 427 g/mol. The molecule has 4 aliphatic rings. The largest absolute Gasteiger partial charge is 0.340 e. The highest BCUT2D eigenvalue weighted by atomic mass is 16.2. The Morgan fingerprint density at radius 2 is 1.65 bits per heavy atom. The number of amides is 2. The van der Waals surface area contributed by atoms with E-state index in [0.29, 0.717) is 11.6 Å². The summed E-state index contributed by atoms with van der Waals surface area (Å²) in [6, 6.07) is 2.62. The zero-order valence-corrected chi connectivity index (χ0v) is 19.2. The summed E-state index contributed by atoms with van der Waals surface area (Å²) in [6.45, 7) is 7.30. The van der Waals surface area contributed by atoms with E-state index in [-0.39, 0.29) is 17.2 Å². The molecule has 1 atom stereocenters. The van der Waals surface area contributed by atoms with Gasteiger partial charge in [0.05, 0.1) is 5.69 Å². The van der Waals surface area contributed by atoms with Crippen LogP contribution in [-0.2, 0) is 11.8 Å². The highest BCUT2D eigenvalue weighted by molar-refractivity contribution is 5.93. The van der Waals surface area contributed by atoms with Crippen LogP contribution in [0, 0.1) is 18.3 Å². The Morgan fingerprint density at radius 1 is 0.968 bits per heavy atom. The summed E-state index contributed by atoms with van der Waals surface area (Å²) in [5.74, 6) is 0.635. The molecule has 4 fully saturated rings. The first-order valence-electron chi connectivity index (χ1n) is 12.3. The Morgan fingerprint density at radius 3 is 2.26 bits per heavy atom. The summed E-state index contributed by atoms with van der Waals surface area (Å²) in [7, 11) is 1.83. The Labute approximate surface area is 185 Å². The van der Waals surface area contributed by atoms with Gasteiger partial charge in [0, 0.05) is 58.3 Å². The smallest absolute Gasteiger partial charge is 0.272 e. The summed E-state index contributed by atoms with van der Waals surface area (Å²) >= 11 is 0. The van der Waals surface area contributed by atoms with Crippen molar-refractivity contribution in [1.82, 2.24) is 24.5 Å². The highest BCUT2D eigenvalue weighted by Gasteiger charge is 2.59. The Balaban J connectivity index is 1.11. The normalized spacial score (nSPS) is 27.0. The van der Waals surface area contributed by atoms with Gasteiger partial charge in [-0.1, -0.05) is 19.3 Å². The number of carbonyl (C=O) groups is 2. The average molecular weight is 428 g/mol. The molecule has 0 radical (unpaired) electrons. The summed E-state index contributed by atoms with van der Waals surface area (Å²) in [4.78, 5) is 32.8. The number of carbonyl (C=O) groups excluding carboxylic acids is 2. The Hall–Kier alpha value is -1.89. The predicted molar refractivity (Wildman–Crippen MR) is 119 cm³/mol. The first-order valence-corrected chi connectivity index (χ1v) is 12.3. The summed E-state index contributed by atoms with van der Waals surface area (Å²) in [5.41, 5.74) is 1.68. The van der Waals surface area contributed by atoms with Crippen LogP contribution in [-0.4, -0.2) is 81.6 Å². The van der Waals surface area contributed by atoms with Crippen LogP contribution in [0.15, 0.2) is 6.07 Å². The number of hydrogen-bond donors (Lipinski definition) is 0. The molecule has 3 heterocycles. The van der Waals surface area contributed by atoms with Gasteiger partial charge in [-0.25, -0.2) is 0 Å². The lowest BCUT2D eigenvalue weighted by atomic mass is 9.90. The summed E-state index contributed by atoms with van der Waals surface area (Å²) < 4.78 is 1.68. The van der Waals surface area contributed by atoms with Gasteiger partial charge in [0.1, 0.15) is 5.69 Å². The van der Waals surface area contributed by atoms with Crippen molar-refractivity contribution in [1.29, 1.82) is 0 Å². The first-order chi connectivity index (χ1) is 15.0. The zero-order valence-electron chi connectivity index (χ0n) is 19.2. The van der Waals surface area contributed by atoms with Gasteiger partial charge in [-0.15, -0.1) is 0 Å². The number of hydrogen-bond acceptors (Lipinski definition) is 4. The lowest BCUT2D eigenvalue weighted by molar-refractivity contribution is -0.136. The maximum absolute atomic E-state index is 13.2. The van der Waals surface area contributed by atoms with Gasteiger partial charge >= 0.3 is 0 Å². The number of piperazine rings is 1. The average Bonchev–Trinajstić information content (AvgIpc) is 3.39. The molecular formula is C24H37N5O2. The molecule has 2 saturated heterocycles. The molecular weight excluding hydrogens is 390 g/mol. The second-order valence-electron chi connectivity index (χ2n) is 10.4. The van der Waals surface area contributed by atoms with E-state index in [1.807, 2.05) is 24.9 Å². The molecule has 1 aromatic heterocycles. The van der Waals surface area contributed by atoms with Crippen molar-refractivity contribution < 1.29 is 9.59 Å². The Kier molecular flexibility index (Phi) is 5.57. The quantitative estimate of drug-likeness (QED) is 0.743. The minimum Gasteiger partial charge on any atom is -0.340 e. The van der Waals surface area contributed by atoms with Crippen LogP contribution < -0.4 is 0 Å². The van der Waals surface area contributed by atoms with E-state index in [4.69, 9.17) is 0 Å². The van der Waals surface area contributed by atoms with Crippen molar-refractivity contribution in [2.24, 2.45) is 18.4 Å². The number of piperidine rings is 1. The maximum atomic E-state index is 13.2. The molecule has 7 nitrogen and oxygen atoms in total. The van der Waals surface area contributed by atoms with Gasteiger partial charge in [0.25, 0.3) is 5.91 Å². The van der Waals surface area contributed by atoms with Crippen LogP contribution in [0.5, 0.6) is 0 Å². The second kappa shape index (κ2) is 8.23. The molecule has 5 rings (SSSR count). The van der Waals surface area contributed by atoms with Crippen molar-refractivity contribution in [3.63, 3.8) is 0 Å². The third-order valence-corrected chi connectivity index (χ3v) is 8.47. The van der Waals surface area contributed by atoms with Crippen LogP contribution in [0.1, 0.15) is 67.5 Å². The van der Waals surface area contributed by atoms with Crippen LogP contribution in [0.25, 0.3) is 0 Å². The SMILES string of the molecule is Cc1cc(C(=O)N2CCC3(CC2)C[C@@H]3C(=O)N2CCN(C3CCCCC3)CC2)n(C)n1. The van der Waals surface area contributed by atoms with E-state index in [1.54, 1.807) is 4.68 Å². The molecule has 2 saturated carbocycles. The molecule has 7 heteroatoms. The molecule has 0 N–H and O–H groups in total. The van der Waals surface area contributed by atoms with Crippen LogP contribution in [0.4, 0.5) is 0 Å². The van der Waals surface area contributed by atoms with Crippen molar-refractivity contribution >= 4 is 11.8 Å². The van der Waals surface area contributed by atoms with E-state index in [0.717, 1.165) is 70.3 Å². The van der Waals surface area contributed by atoms with E-state index >= 15 is 0 Å².